The van der Waals surface area contributed by atoms with Crippen molar-refractivity contribution in [3.63, 3.8) is 0 Å². The first-order chi connectivity index (χ1) is 23.5. The van der Waals surface area contributed by atoms with E-state index in [1.807, 2.05) is 79.9 Å². The highest BCUT2D eigenvalue weighted by Crippen LogP contribution is 2.33. The van der Waals surface area contributed by atoms with E-state index in [0.717, 1.165) is 23.4 Å². The molecule has 240 valence electrons. The molecular formula is C45H45N3. The normalized spacial score (nSPS) is 10.6. The number of hydrogen-bond acceptors (Lipinski definition) is 2. The van der Waals surface area contributed by atoms with Crippen LogP contribution >= 0.6 is 0 Å². The summed E-state index contributed by atoms with van der Waals surface area (Å²) in [4.78, 5) is 0. The highest BCUT2D eigenvalue weighted by Gasteiger charge is 2.14. The van der Waals surface area contributed by atoms with Crippen LogP contribution < -0.4 is 5.32 Å². The molecular weight excluding hydrogens is 583 g/mol. The molecule has 0 amide bonds. The summed E-state index contributed by atoms with van der Waals surface area (Å²) in [6.07, 6.45) is 2.96. The summed E-state index contributed by atoms with van der Waals surface area (Å²) >= 11 is 0. The average molecular weight is 628 g/mol. The number of hydrogen-bond donors (Lipinski definition) is 1. The molecule has 0 spiro atoms. The fourth-order valence-corrected chi connectivity index (χ4v) is 5.34. The lowest BCUT2D eigenvalue weighted by Crippen LogP contribution is -2.00. The molecule has 1 N–H and O–H groups in total. The number of fused-ring (bicyclic) bond motifs is 3. The third-order valence-corrected chi connectivity index (χ3v) is 8.02. The summed E-state index contributed by atoms with van der Waals surface area (Å²) in [5.74, 6) is 0.205. The molecule has 0 saturated carbocycles. The number of allylic oxidation sites excluding steroid dienone is 1. The molecule has 1 aromatic heterocycles. The third-order valence-electron chi connectivity index (χ3n) is 8.02. The first-order valence-corrected chi connectivity index (χ1v) is 16.4. The molecule has 0 aliphatic carbocycles. The Hall–Kier alpha value is -5.85. The van der Waals surface area contributed by atoms with E-state index in [1.165, 1.54) is 32.9 Å². The maximum Gasteiger partial charge on any atom is 0.0991 e. The number of rotatable bonds is 5. The van der Waals surface area contributed by atoms with Gasteiger partial charge in [0.05, 0.1) is 22.7 Å². The van der Waals surface area contributed by atoms with Gasteiger partial charge in [0, 0.05) is 35.1 Å². The number of aromatic nitrogens is 1. The Labute approximate surface area is 286 Å². The SMILES string of the molecule is C=CCC.CC(c1cccc(C#N)c1)c1cccc(-n2c3ccccc3c3ccccc32)c1.CNc1ccccc1.Cc1ccccc1. The molecule has 0 aliphatic rings. The van der Waals surface area contributed by atoms with Crippen molar-refractivity contribution in [2.45, 2.75) is 33.1 Å². The monoisotopic (exact) mass is 627 g/mol. The molecule has 0 aliphatic heterocycles. The van der Waals surface area contributed by atoms with E-state index in [0.29, 0.717) is 5.56 Å². The van der Waals surface area contributed by atoms with Crippen LogP contribution in [0.1, 0.15) is 48.4 Å². The maximum absolute atomic E-state index is 9.23. The van der Waals surface area contributed by atoms with Crippen LogP contribution in [0.25, 0.3) is 27.5 Å². The van der Waals surface area contributed by atoms with Crippen molar-refractivity contribution in [2.75, 3.05) is 12.4 Å². The van der Waals surface area contributed by atoms with Crippen LogP contribution in [-0.4, -0.2) is 11.6 Å². The summed E-state index contributed by atoms with van der Waals surface area (Å²) in [7, 11) is 1.91. The van der Waals surface area contributed by atoms with Crippen LogP contribution in [0.4, 0.5) is 5.69 Å². The molecule has 1 atom stereocenters. The van der Waals surface area contributed by atoms with Gasteiger partial charge in [-0.15, -0.1) is 6.58 Å². The fourth-order valence-electron chi connectivity index (χ4n) is 5.34. The van der Waals surface area contributed by atoms with Crippen molar-refractivity contribution in [3.05, 3.63) is 193 Å². The molecule has 3 nitrogen and oxygen atoms in total. The number of para-hydroxylation sites is 3. The molecule has 0 saturated heterocycles. The minimum absolute atomic E-state index is 0.205. The van der Waals surface area contributed by atoms with Crippen LogP contribution in [0, 0.1) is 18.3 Å². The number of aryl methyl sites for hydroxylation is 1. The Morgan fingerprint density at radius 2 is 1.19 bits per heavy atom. The van der Waals surface area contributed by atoms with E-state index in [4.69, 9.17) is 0 Å². The molecule has 0 radical (unpaired) electrons. The maximum atomic E-state index is 9.23. The molecule has 3 heteroatoms. The summed E-state index contributed by atoms with van der Waals surface area (Å²) < 4.78 is 2.34. The van der Waals surface area contributed by atoms with Crippen molar-refractivity contribution in [2.24, 2.45) is 0 Å². The first-order valence-electron chi connectivity index (χ1n) is 16.4. The van der Waals surface area contributed by atoms with Crippen LogP contribution in [-0.2, 0) is 0 Å². The number of anilines is 1. The van der Waals surface area contributed by atoms with E-state index in [9.17, 15) is 5.26 Å². The molecule has 0 bridgehead atoms. The van der Waals surface area contributed by atoms with Crippen molar-refractivity contribution in [1.29, 1.82) is 5.26 Å². The van der Waals surface area contributed by atoms with Gasteiger partial charge >= 0.3 is 0 Å². The first kappa shape index (κ1) is 35.0. The number of nitrogens with one attached hydrogen (secondary N) is 1. The molecule has 0 fully saturated rings. The highest BCUT2D eigenvalue weighted by atomic mass is 15.0. The Kier molecular flexibility index (Phi) is 13.4. The van der Waals surface area contributed by atoms with E-state index < -0.39 is 0 Å². The van der Waals surface area contributed by atoms with Gasteiger partial charge in [0.25, 0.3) is 0 Å². The Bertz CT molecular complexity index is 2000. The Balaban J connectivity index is 0.000000222. The lowest BCUT2D eigenvalue weighted by molar-refractivity contribution is 0.918. The zero-order valence-electron chi connectivity index (χ0n) is 28.5. The van der Waals surface area contributed by atoms with Gasteiger partial charge in [-0.3, -0.25) is 0 Å². The van der Waals surface area contributed by atoms with Crippen molar-refractivity contribution >= 4 is 27.5 Å². The topological polar surface area (TPSA) is 40.8 Å². The van der Waals surface area contributed by atoms with Gasteiger partial charge in [-0.25, -0.2) is 0 Å². The van der Waals surface area contributed by atoms with Crippen molar-refractivity contribution < 1.29 is 0 Å². The standard InChI is InChI=1S/C27H20N2.C7H9N.C7H8.C4H8/c1-19(21-9-6-8-20(16-21)18-28)22-10-7-11-23(17-22)29-26-14-4-2-12-24(26)25-13-3-5-15-27(25)29;1-8-7-5-3-2-4-6-7;1-7-5-3-2-4-6-7;1-3-4-2/h2-17,19H,1H3;2-6,8H,1H3;2-6H,1H3;3H,1,4H2,2H3. The van der Waals surface area contributed by atoms with E-state index in [-0.39, 0.29) is 5.92 Å². The minimum atomic E-state index is 0.205. The molecule has 7 rings (SSSR count). The van der Waals surface area contributed by atoms with Crippen LogP contribution in [0.5, 0.6) is 0 Å². The van der Waals surface area contributed by atoms with Gasteiger partial charge in [0.1, 0.15) is 0 Å². The summed E-state index contributed by atoms with van der Waals surface area (Å²) in [5, 5.41) is 14.8. The van der Waals surface area contributed by atoms with E-state index in [1.54, 1.807) is 0 Å². The van der Waals surface area contributed by atoms with Gasteiger partial charge in [0.2, 0.25) is 0 Å². The second kappa shape index (κ2) is 18.3. The zero-order chi connectivity index (χ0) is 34.1. The van der Waals surface area contributed by atoms with E-state index in [2.05, 4.69) is 134 Å². The molecule has 1 heterocycles. The summed E-state index contributed by atoms with van der Waals surface area (Å²) in [6, 6.07) is 56.3. The second-order valence-corrected chi connectivity index (χ2v) is 11.4. The van der Waals surface area contributed by atoms with Crippen LogP contribution in [0.2, 0.25) is 0 Å². The average Bonchev–Trinajstić information content (AvgIpc) is 3.50. The second-order valence-electron chi connectivity index (χ2n) is 11.4. The van der Waals surface area contributed by atoms with Gasteiger partial charge in [-0.1, -0.05) is 135 Å². The molecule has 1 unspecified atom stereocenters. The van der Waals surface area contributed by atoms with E-state index >= 15 is 0 Å². The van der Waals surface area contributed by atoms with Crippen molar-refractivity contribution in [3.8, 4) is 11.8 Å². The van der Waals surface area contributed by atoms with Gasteiger partial charge < -0.3 is 9.88 Å². The number of nitrogens with zero attached hydrogens (tertiary/aromatic N) is 2. The smallest absolute Gasteiger partial charge is 0.0991 e. The molecule has 48 heavy (non-hydrogen) atoms. The number of nitriles is 1. The molecule has 7 aromatic rings. The minimum Gasteiger partial charge on any atom is -0.388 e. The largest absolute Gasteiger partial charge is 0.388 e. The fraction of sp³-hybridized carbons (Fsp3) is 0.133. The lowest BCUT2D eigenvalue weighted by atomic mass is 9.92. The lowest BCUT2D eigenvalue weighted by Gasteiger charge is -2.15. The molecule has 6 aromatic carbocycles. The predicted octanol–water partition coefficient (Wildman–Crippen LogP) is 12.1. The zero-order valence-corrected chi connectivity index (χ0v) is 28.5. The van der Waals surface area contributed by atoms with Crippen LogP contribution in [0.3, 0.4) is 0 Å². The van der Waals surface area contributed by atoms with Gasteiger partial charge in [0.15, 0.2) is 0 Å². The number of benzene rings is 6. The van der Waals surface area contributed by atoms with Crippen LogP contribution in [0.15, 0.2) is 170 Å². The predicted molar refractivity (Wildman–Crippen MR) is 207 cm³/mol. The Morgan fingerprint density at radius 1 is 0.688 bits per heavy atom. The quantitative estimate of drug-likeness (QED) is 0.193. The Morgan fingerprint density at radius 3 is 1.67 bits per heavy atom. The summed E-state index contributed by atoms with van der Waals surface area (Å²) in [5.41, 5.74) is 9.16. The third kappa shape index (κ3) is 9.34. The highest BCUT2D eigenvalue weighted by molar-refractivity contribution is 6.09. The van der Waals surface area contributed by atoms with Crippen molar-refractivity contribution in [1.82, 2.24) is 4.57 Å². The van der Waals surface area contributed by atoms with Gasteiger partial charge in [-0.2, -0.15) is 5.26 Å². The summed E-state index contributed by atoms with van der Waals surface area (Å²) in [6.45, 7) is 9.82. The van der Waals surface area contributed by atoms with Gasteiger partial charge in [-0.05, 0) is 73.0 Å².